The van der Waals surface area contributed by atoms with Crippen molar-refractivity contribution >= 4 is 11.7 Å². The maximum Gasteiger partial charge on any atom is 0.344 e. The highest BCUT2D eigenvalue weighted by atomic mass is 16.7. The van der Waals surface area contributed by atoms with Crippen LogP contribution in [0.1, 0.15) is 54.4 Å². The van der Waals surface area contributed by atoms with Gasteiger partial charge in [-0.25, -0.2) is 4.79 Å². The van der Waals surface area contributed by atoms with E-state index in [-0.39, 0.29) is 31.2 Å². The van der Waals surface area contributed by atoms with E-state index < -0.39 is 5.97 Å². The molecule has 3 atom stereocenters. The summed E-state index contributed by atoms with van der Waals surface area (Å²) in [4.78, 5) is 12.1. The van der Waals surface area contributed by atoms with E-state index in [2.05, 4.69) is 31.2 Å². The van der Waals surface area contributed by atoms with Gasteiger partial charge >= 0.3 is 5.97 Å². The summed E-state index contributed by atoms with van der Waals surface area (Å²) in [5.74, 6) is 2.74. The number of hydrogen-bond donors (Lipinski definition) is 1. The Kier molecular flexibility index (Phi) is 6.63. The quantitative estimate of drug-likeness (QED) is 0.341. The average molecular weight is 490 g/mol. The van der Waals surface area contributed by atoms with Crippen molar-refractivity contribution in [3.8, 4) is 23.0 Å². The Bertz CT molecular complexity index is 1270. The van der Waals surface area contributed by atoms with Gasteiger partial charge in [0.1, 0.15) is 11.5 Å². The number of anilines is 1. The summed E-state index contributed by atoms with van der Waals surface area (Å²) >= 11 is 0. The molecule has 0 saturated heterocycles. The molecule has 0 amide bonds. The molecule has 3 unspecified atom stereocenters. The van der Waals surface area contributed by atoms with Crippen LogP contribution < -0.4 is 24.7 Å². The highest BCUT2D eigenvalue weighted by Gasteiger charge is 2.43. The van der Waals surface area contributed by atoms with E-state index in [0.29, 0.717) is 23.8 Å². The van der Waals surface area contributed by atoms with E-state index in [1.165, 1.54) is 11.1 Å². The van der Waals surface area contributed by atoms with Crippen LogP contribution in [0.15, 0.2) is 54.6 Å². The monoisotopic (exact) mass is 489 g/mol. The summed E-state index contributed by atoms with van der Waals surface area (Å²) in [5.41, 5.74) is 11.5. The summed E-state index contributed by atoms with van der Waals surface area (Å²) in [6, 6.07) is 18.1. The molecule has 0 saturated carbocycles. The second-order valence-corrected chi connectivity index (χ2v) is 9.03. The molecule has 36 heavy (non-hydrogen) atoms. The van der Waals surface area contributed by atoms with E-state index in [9.17, 15) is 4.79 Å². The van der Waals surface area contributed by atoms with Gasteiger partial charge in [-0.15, -0.1) is 0 Å². The van der Waals surface area contributed by atoms with Gasteiger partial charge in [0.25, 0.3) is 0 Å². The molecule has 3 aromatic carbocycles. The van der Waals surface area contributed by atoms with Crippen LogP contribution in [-0.2, 0) is 9.53 Å². The largest absolute Gasteiger partial charge is 0.497 e. The van der Waals surface area contributed by atoms with Gasteiger partial charge in [0.15, 0.2) is 18.1 Å². The first kappa shape index (κ1) is 23.9. The van der Waals surface area contributed by atoms with E-state index in [0.717, 1.165) is 29.0 Å². The number of fused-ring (bicyclic) bond motifs is 2. The highest BCUT2D eigenvalue weighted by molar-refractivity contribution is 5.71. The highest BCUT2D eigenvalue weighted by Crippen LogP contribution is 2.56. The number of methoxy groups -OCH3 is 1. The molecule has 7 heteroatoms. The zero-order valence-electron chi connectivity index (χ0n) is 20.8. The van der Waals surface area contributed by atoms with Gasteiger partial charge in [0.2, 0.25) is 6.79 Å². The van der Waals surface area contributed by atoms with Crippen LogP contribution in [0.4, 0.5) is 5.69 Å². The van der Waals surface area contributed by atoms with Gasteiger partial charge in [-0.3, -0.25) is 0 Å². The molecule has 2 N–H and O–H groups in total. The Morgan fingerprint density at radius 1 is 0.944 bits per heavy atom. The predicted molar refractivity (Wildman–Crippen MR) is 136 cm³/mol. The molecule has 7 nitrogen and oxygen atoms in total. The van der Waals surface area contributed by atoms with Crippen LogP contribution in [0.25, 0.3) is 0 Å². The zero-order chi connectivity index (χ0) is 25.2. The summed E-state index contributed by atoms with van der Waals surface area (Å²) in [5, 5.41) is 0. The van der Waals surface area contributed by atoms with Crippen molar-refractivity contribution in [1.29, 1.82) is 0 Å². The van der Waals surface area contributed by atoms with Gasteiger partial charge in [-0.05, 0) is 59.9 Å². The second-order valence-electron chi connectivity index (χ2n) is 9.03. The minimum atomic E-state index is -0.410. The number of ether oxygens (including phenoxy) is 5. The molecule has 1 heterocycles. The van der Waals surface area contributed by atoms with Crippen molar-refractivity contribution in [3.05, 3.63) is 76.9 Å². The normalized spacial score (nSPS) is 19.6. The number of benzene rings is 3. The van der Waals surface area contributed by atoms with Crippen LogP contribution in [0, 0.1) is 5.92 Å². The molecule has 0 fully saturated rings. The Labute approximate surface area is 211 Å². The maximum absolute atomic E-state index is 12.1. The lowest BCUT2D eigenvalue weighted by Crippen LogP contribution is -2.18. The Morgan fingerprint density at radius 3 is 2.53 bits per heavy atom. The van der Waals surface area contributed by atoms with E-state index >= 15 is 0 Å². The Morgan fingerprint density at radius 2 is 1.75 bits per heavy atom. The van der Waals surface area contributed by atoms with Crippen LogP contribution in [0.5, 0.6) is 23.0 Å². The van der Waals surface area contributed by atoms with Crippen molar-refractivity contribution < 1.29 is 28.5 Å². The standard InChI is InChI=1S/C29H31NO6/c1-4-20-28(17-6-11-24-26(12-17)36-16-35-24)21-9-7-18(30)13-23(21)29(20)22-10-8-19(32-3)14-25(22)34-15-27(31)33-5-2/h6-14,20,28-29H,4-5,15-16,30H2,1-3H3. The van der Waals surface area contributed by atoms with Crippen LogP contribution >= 0.6 is 0 Å². The van der Waals surface area contributed by atoms with Crippen molar-refractivity contribution in [3.63, 3.8) is 0 Å². The molecule has 1 aliphatic heterocycles. The third-order valence-corrected chi connectivity index (χ3v) is 7.07. The minimum Gasteiger partial charge on any atom is -0.497 e. The number of nitrogen functional groups attached to an aromatic ring is 1. The fraction of sp³-hybridized carbons (Fsp3) is 0.345. The smallest absolute Gasteiger partial charge is 0.344 e. The first-order valence-electron chi connectivity index (χ1n) is 12.3. The topological polar surface area (TPSA) is 89.2 Å². The van der Waals surface area contributed by atoms with Crippen LogP contribution in [-0.4, -0.2) is 33.1 Å². The lowest BCUT2D eigenvalue weighted by molar-refractivity contribution is -0.145. The molecule has 0 bridgehead atoms. The fourth-order valence-electron chi connectivity index (χ4n) is 5.57. The van der Waals surface area contributed by atoms with Crippen LogP contribution in [0.3, 0.4) is 0 Å². The van der Waals surface area contributed by atoms with Crippen LogP contribution in [0.2, 0.25) is 0 Å². The minimum absolute atomic E-state index is 0.00650. The molecule has 0 aromatic heterocycles. The summed E-state index contributed by atoms with van der Waals surface area (Å²) in [6.07, 6.45) is 0.918. The van der Waals surface area contributed by atoms with Gasteiger partial charge in [-0.1, -0.05) is 31.5 Å². The molecular formula is C29H31NO6. The average Bonchev–Trinajstić information content (AvgIpc) is 3.48. The maximum atomic E-state index is 12.1. The predicted octanol–water partition coefficient (Wildman–Crippen LogP) is 5.25. The van der Waals surface area contributed by atoms with Crippen molar-refractivity contribution in [2.45, 2.75) is 32.1 Å². The number of carbonyl (C=O) groups excluding carboxylic acids is 1. The number of carbonyl (C=O) groups is 1. The first-order valence-corrected chi connectivity index (χ1v) is 12.3. The number of hydrogen-bond acceptors (Lipinski definition) is 7. The molecule has 5 rings (SSSR count). The van der Waals surface area contributed by atoms with Gasteiger partial charge in [0, 0.05) is 29.2 Å². The van der Waals surface area contributed by atoms with E-state index in [1.807, 2.05) is 30.3 Å². The number of nitrogens with two attached hydrogens (primary N) is 1. The lowest BCUT2D eigenvalue weighted by Gasteiger charge is -2.27. The number of rotatable bonds is 8. The Balaban J connectivity index is 1.60. The first-order chi connectivity index (χ1) is 17.5. The van der Waals surface area contributed by atoms with Crippen molar-refractivity contribution in [2.75, 3.05) is 32.9 Å². The molecule has 3 aromatic rings. The summed E-state index contributed by atoms with van der Waals surface area (Å²) in [7, 11) is 1.61. The van der Waals surface area contributed by atoms with Crippen molar-refractivity contribution in [1.82, 2.24) is 0 Å². The SMILES string of the molecule is CCOC(=O)COc1cc(OC)ccc1C1c2cc(N)ccc2C(c2ccc3c(c2)OCO3)C1CC. The molecule has 0 radical (unpaired) electrons. The van der Waals surface area contributed by atoms with E-state index in [1.54, 1.807) is 14.0 Å². The second kappa shape index (κ2) is 10.0. The van der Waals surface area contributed by atoms with E-state index in [4.69, 9.17) is 29.4 Å². The molecular weight excluding hydrogens is 458 g/mol. The third kappa shape index (κ3) is 4.30. The zero-order valence-corrected chi connectivity index (χ0v) is 20.8. The van der Waals surface area contributed by atoms with Gasteiger partial charge in [0.05, 0.1) is 13.7 Å². The summed E-state index contributed by atoms with van der Waals surface area (Å²) < 4.78 is 27.8. The molecule has 1 aliphatic carbocycles. The molecule has 188 valence electrons. The fourth-order valence-corrected chi connectivity index (χ4v) is 5.57. The number of esters is 1. The Hall–Kier alpha value is -3.87. The lowest BCUT2D eigenvalue weighted by atomic mass is 9.78. The molecule has 0 spiro atoms. The van der Waals surface area contributed by atoms with Crippen molar-refractivity contribution in [2.24, 2.45) is 5.92 Å². The summed E-state index contributed by atoms with van der Waals surface area (Å²) in [6.45, 7) is 4.35. The third-order valence-electron chi connectivity index (χ3n) is 7.07. The van der Waals surface area contributed by atoms with Gasteiger partial charge < -0.3 is 29.4 Å². The van der Waals surface area contributed by atoms with Gasteiger partial charge in [-0.2, -0.15) is 0 Å². The molecule has 2 aliphatic rings.